The number of allylic oxidation sites excluding steroid dienone is 1. The van der Waals surface area contributed by atoms with Crippen LogP contribution in [0.2, 0.25) is 0 Å². The highest BCUT2D eigenvalue weighted by atomic mass is 16.5. The van der Waals surface area contributed by atoms with Crippen molar-refractivity contribution in [3.8, 4) is 0 Å². The van der Waals surface area contributed by atoms with Gasteiger partial charge in [-0.2, -0.15) is 0 Å². The van der Waals surface area contributed by atoms with Crippen LogP contribution < -0.4 is 0 Å². The number of aliphatic hydroxyl groups is 1. The Labute approximate surface area is 155 Å². The van der Waals surface area contributed by atoms with Gasteiger partial charge in [-0.05, 0) is 79.2 Å². The Morgan fingerprint density at radius 2 is 2.08 bits per heavy atom. The first kappa shape index (κ1) is 16.1. The number of fused-ring (bicyclic) bond motifs is 3. The fraction of sp³-hybridized carbons (Fsp3) is 0.773. The van der Waals surface area contributed by atoms with Crippen LogP contribution in [0, 0.1) is 22.7 Å². The largest absolute Gasteiger partial charge is 0.458 e. The summed E-state index contributed by atoms with van der Waals surface area (Å²) < 4.78 is 23.5. The monoisotopic (exact) mass is 350 g/mol. The Hall–Kier alpha value is -1.09. The molecule has 1 N–H and O–H groups in total. The van der Waals surface area contributed by atoms with Gasteiger partial charge in [0.2, 0.25) is 0 Å². The molecule has 0 aliphatic heterocycles. The molecule has 0 saturated heterocycles. The molecule has 3 rings (SSSR count). The van der Waals surface area contributed by atoms with Crippen LogP contribution in [0.4, 0.5) is 0 Å². The van der Waals surface area contributed by atoms with Gasteiger partial charge in [-0.3, -0.25) is 4.79 Å². The van der Waals surface area contributed by atoms with E-state index in [1.807, 2.05) is 6.92 Å². The number of ether oxygens (including phenoxy) is 1. The molecule has 2 bridgehead atoms. The average Bonchev–Trinajstić information content (AvgIpc) is 2.47. The van der Waals surface area contributed by atoms with Crippen molar-refractivity contribution in [2.24, 2.45) is 22.7 Å². The van der Waals surface area contributed by atoms with Crippen LogP contribution in [0.5, 0.6) is 0 Å². The van der Waals surface area contributed by atoms with Gasteiger partial charge in [0.05, 0.1) is 6.10 Å². The van der Waals surface area contributed by atoms with Gasteiger partial charge >= 0.3 is 5.97 Å². The molecule has 2 saturated carbocycles. The first-order valence-electron chi connectivity index (χ1n) is 10.6. The van der Waals surface area contributed by atoms with E-state index in [-0.39, 0.29) is 35.7 Å². The summed E-state index contributed by atoms with van der Waals surface area (Å²) in [4.78, 5) is 11.5. The lowest BCUT2D eigenvalue weighted by Gasteiger charge is -2.54. The SMILES string of the molecule is [3H][C@@H]1[C@@H]2[C@@H]([3H])CC(C)=C([C@@H](O)C[C@]3(C)CC[C@H](OC(C)=O)C(=C)[C@@H]13)C2(C)C. The highest BCUT2D eigenvalue weighted by molar-refractivity contribution is 5.66. The maximum atomic E-state index is 11.5. The van der Waals surface area contributed by atoms with Crippen LogP contribution in [0.25, 0.3) is 0 Å². The summed E-state index contributed by atoms with van der Waals surface area (Å²) in [5, 5.41) is 11.2. The van der Waals surface area contributed by atoms with E-state index in [2.05, 4.69) is 27.4 Å². The van der Waals surface area contributed by atoms with E-state index in [0.717, 1.165) is 23.1 Å². The third-order valence-corrected chi connectivity index (χ3v) is 6.91. The van der Waals surface area contributed by atoms with Crippen LogP contribution in [0.3, 0.4) is 0 Å². The van der Waals surface area contributed by atoms with Crippen LogP contribution in [0.1, 0.15) is 75.8 Å². The zero-order valence-corrected chi connectivity index (χ0v) is 16.3. The molecule has 0 radical (unpaired) electrons. The Bertz CT molecular complexity index is 683. The smallest absolute Gasteiger partial charge is 0.303 e. The zero-order valence-electron chi connectivity index (χ0n) is 18.3. The van der Waals surface area contributed by atoms with Crippen molar-refractivity contribution in [1.82, 2.24) is 0 Å². The van der Waals surface area contributed by atoms with Crippen molar-refractivity contribution in [2.45, 2.75) is 85.3 Å². The summed E-state index contributed by atoms with van der Waals surface area (Å²) in [7, 11) is 0. The molecule has 3 aliphatic carbocycles. The number of carbonyl (C=O) groups excluding carboxylic acids is 1. The number of rotatable bonds is 1. The van der Waals surface area contributed by atoms with Gasteiger partial charge in [0.25, 0.3) is 0 Å². The summed E-state index contributed by atoms with van der Waals surface area (Å²) in [5.41, 5.74) is 2.27. The van der Waals surface area contributed by atoms with E-state index in [0.29, 0.717) is 19.3 Å². The van der Waals surface area contributed by atoms with Crippen molar-refractivity contribution in [3.05, 3.63) is 23.3 Å². The molecule has 0 spiro atoms. The van der Waals surface area contributed by atoms with Crippen LogP contribution in [-0.2, 0) is 9.53 Å². The quantitative estimate of drug-likeness (QED) is 0.546. The fourth-order valence-electron chi connectivity index (χ4n) is 5.59. The predicted molar refractivity (Wildman–Crippen MR) is 100.0 cm³/mol. The first-order valence-corrected chi connectivity index (χ1v) is 9.48. The highest BCUT2D eigenvalue weighted by Gasteiger charge is 2.51. The van der Waals surface area contributed by atoms with Crippen LogP contribution in [0.15, 0.2) is 23.3 Å². The summed E-state index contributed by atoms with van der Waals surface area (Å²) in [6, 6.07) is 0. The molecule has 2 fully saturated rings. The molecule has 0 unspecified atom stereocenters. The van der Waals surface area contributed by atoms with E-state index < -0.39 is 17.9 Å². The van der Waals surface area contributed by atoms with Gasteiger partial charge in [-0.1, -0.05) is 32.9 Å². The maximum absolute atomic E-state index is 11.5. The number of esters is 1. The summed E-state index contributed by atoms with van der Waals surface area (Å²) in [6.07, 6.45) is 0.857. The van der Waals surface area contributed by atoms with Gasteiger partial charge in [0.15, 0.2) is 0 Å². The maximum Gasteiger partial charge on any atom is 0.303 e. The molecule has 0 aromatic rings. The lowest BCUT2D eigenvalue weighted by atomic mass is 9.52. The van der Waals surface area contributed by atoms with Gasteiger partial charge in [0.1, 0.15) is 6.10 Å². The topological polar surface area (TPSA) is 46.5 Å². The summed E-state index contributed by atoms with van der Waals surface area (Å²) >= 11 is 0. The van der Waals surface area contributed by atoms with Crippen molar-refractivity contribution >= 4 is 5.97 Å². The fourth-order valence-corrected chi connectivity index (χ4v) is 5.59. The number of hydrogen-bond acceptors (Lipinski definition) is 3. The Morgan fingerprint density at radius 3 is 2.72 bits per heavy atom. The molecule has 140 valence electrons. The normalized spacial score (nSPS) is 47.8. The van der Waals surface area contributed by atoms with E-state index in [9.17, 15) is 11.3 Å². The van der Waals surface area contributed by atoms with Gasteiger partial charge < -0.3 is 9.84 Å². The van der Waals surface area contributed by atoms with Gasteiger partial charge in [-0.15, -0.1) is 0 Å². The molecule has 25 heavy (non-hydrogen) atoms. The van der Waals surface area contributed by atoms with Gasteiger partial charge in [0, 0.05) is 9.67 Å². The number of aliphatic hydroxyl groups excluding tert-OH is 1. The van der Waals surface area contributed by atoms with Crippen molar-refractivity contribution in [1.29, 1.82) is 0 Å². The second-order valence-corrected chi connectivity index (χ2v) is 9.14. The highest BCUT2D eigenvalue weighted by Crippen LogP contribution is 2.58. The molecule has 0 aromatic heterocycles. The predicted octanol–water partition coefficient (Wildman–Crippen LogP) is 4.80. The Morgan fingerprint density at radius 1 is 1.40 bits per heavy atom. The molecule has 3 aliphatic rings. The minimum absolute atomic E-state index is 0.191. The summed E-state index contributed by atoms with van der Waals surface area (Å²) in [6.45, 7) is 14.0. The Balaban J connectivity index is 2.10. The lowest BCUT2D eigenvalue weighted by Crippen LogP contribution is -2.48. The zero-order chi connectivity index (χ0) is 20.3. The molecular formula is C22H34O3. The lowest BCUT2D eigenvalue weighted by molar-refractivity contribution is -0.147. The van der Waals surface area contributed by atoms with E-state index in [1.54, 1.807) is 0 Å². The Kier molecular flexibility index (Phi) is 4.04. The van der Waals surface area contributed by atoms with Crippen LogP contribution >= 0.6 is 0 Å². The number of carbonyl (C=O) groups is 1. The van der Waals surface area contributed by atoms with E-state index in [4.69, 9.17) is 6.11 Å². The average molecular weight is 351 g/mol. The molecular weight excluding hydrogens is 312 g/mol. The molecule has 0 amide bonds. The van der Waals surface area contributed by atoms with E-state index >= 15 is 0 Å². The van der Waals surface area contributed by atoms with Crippen molar-refractivity contribution in [2.75, 3.05) is 0 Å². The third kappa shape index (κ3) is 3.09. The van der Waals surface area contributed by atoms with Crippen LogP contribution in [-0.4, -0.2) is 23.3 Å². The second-order valence-electron chi connectivity index (χ2n) is 9.14. The standard InChI is InChI=1S/C22H34O3/c1-13-7-8-16-11-17-14(2)19(25-15(3)23)9-10-22(17,6)12-18(24)20(13)21(16,4)5/h16-19,24H,2,7-12H2,1,3-6H3/t16-,17+,18-,19-,22-/m0/s1/i8T,11T/t8-,11+,16-,17+,18-,19-,22-. The second kappa shape index (κ2) is 6.26. The minimum atomic E-state index is -0.562. The molecule has 7 atom stereocenters. The third-order valence-electron chi connectivity index (χ3n) is 6.91. The molecule has 3 nitrogen and oxygen atoms in total. The van der Waals surface area contributed by atoms with Crippen molar-refractivity contribution in [3.63, 3.8) is 0 Å². The molecule has 0 heterocycles. The molecule has 3 heteroatoms. The van der Waals surface area contributed by atoms with Crippen molar-refractivity contribution < 1.29 is 17.4 Å². The number of hydrogen-bond donors (Lipinski definition) is 1. The summed E-state index contributed by atoms with van der Waals surface area (Å²) in [5.74, 6) is -0.708. The minimum Gasteiger partial charge on any atom is -0.458 e. The molecule has 0 aromatic carbocycles. The first-order chi connectivity index (χ1) is 12.4. The van der Waals surface area contributed by atoms with E-state index in [1.165, 1.54) is 6.92 Å². The van der Waals surface area contributed by atoms with Gasteiger partial charge in [-0.25, -0.2) is 0 Å².